The highest BCUT2D eigenvalue weighted by Gasteiger charge is 2.21. The number of aromatic nitrogens is 3. The Morgan fingerprint density at radius 3 is 2.87 bits per heavy atom. The zero-order valence-electron chi connectivity index (χ0n) is 16.7. The van der Waals surface area contributed by atoms with Crippen molar-refractivity contribution in [2.75, 3.05) is 24.5 Å². The summed E-state index contributed by atoms with van der Waals surface area (Å²) in [6.07, 6.45) is 2.15. The number of halogens is 1. The molecule has 1 aromatic heterocycles. The summed E-state index contributed by atoms with van der Waals surface area (Å²) in [4.78, 5) is 11.6. The summed E-state index contributed by atoms with van der Waals surface area (Å²) in [5.41, 5.74) is 0.774. The third kappa shape index (κ3) is 4.47. The maximum atomic E-state index is 14.5. The molecule has 0 bridgehead atoms. The van der Waals surface area contributed by atoms with Gasteiger partial charge in [0.05, 0.1) is 29.5 Å². The van der Waals surface area contributed by atoms with Gasteiger partial charge in [0.2, 0.25) is 0 Å². The monoisotopic (exact) mass is 448 g/mol. The van der Waals surface area contributed by atoms with E-state index in [9.17, 15) is 17.6 Å². The van der Waals surface area contributed by atoms with Crippen LogP contribution in [-0.4, -0.2) is 43.0 Å². The predicted octanol–water partition coefficient (Wildman–Crippen LogP) is 2.22. The van der Waals surface area contributed by atoms with Crippen LogP contribution in [0.3, 0.4) is 0 Å². The van der Waals surface area contributed by atoms with Gasteiger partial charge in [-0.2, -0.15) is 5.10 Å². The van der Waals surface area contributed by atoms with Gasteiger partial charge in [0.25, 0.3) is 10.0 Å². The molecule has 1 unspecified atom stereocenters. The van der Waals surface area contributed by atoms with Gasteiger partial charge in [-0.25, -0.2) is 27.3 Å². The Hall–Kier alpha value is -3.18. The van der Waals surface area contributed by atoms with Crippen LogP contribution in [0.4, 0.5) is 10.1 Å². The van der Waals surface area contributed by atoms with Crippen LogP contribution in [0.5, 0.6) is 5.75 Å². The van der Waals surface area contributed by atoms with Gasteiger partial charge < -0.3 is 9.47 Å². The first-order valence-electron chi connectivity index (χ1n) is 9.60. The highest BCUT2D eigenvalue weighted by molar-refractivity contribution is 7.92. The number of anilines is 1. The second-order valence-corrected chi connectivity index (χ2v) is 8.90. The van der Waals surface area contributed by atoms with Gasteiger partial charge in [-0.1, -0.05) is 6.07 Å². The van der Waals surface area contributed by atoms with Crippen molar-refractivity contribution in [2.24, 2.45) is 5.92 Å². The number of nitrogens with zero attached hydrogens (tertiary/aromatic N) is 2. The fourth-order valence-corrected chi connectivity index (χ4v) is 4.44. The lowest BCUT2D eigenvalue weighted by molar-refractivity contribution is 0.165. The summed E-state index contributed by atoms with van der Waals surface area (Å²) in [5.74, 6) is -0.581. The predicted molar refractivity (Wildman–Crippen MR) is 111 cm³/mol. The normalized spacial score (nSPS) is 16.4. The molecule has 0 saturated carbocycles. The molecule has 11 heteroatoms. The molecule has 0 radical (unpaired) electrons. The van der Waals surface area contributed by atoms with Crippen LogP contribution in [0.15, 0.2) is 52.4 Å². The molecule has 164 valence electrons. The second-order valence-electron chi connectivity index (χ2n) is 7.22. The molecule has 1 aliphatic rings. The van der Waals surface area contributed by atoms with E-state index in [1.807, 2.05) is 0 Å². The molecule has 2 heterocycles. The van der Waals surface area contributed by atoms with Crippen LogP contribution in [0.25, 0.3) is 5.69 Å². The smallest absolute Gasteiger partial charge is 0.347 e. The zero-order valence-corrected chi connectivity index (χ0v) is 17.5. The molecule has 0 aliphatic carbocycles. The van der Waals surface area contributed by atoms with E-state index < -0.39 is 21.5 Å². The SMILES string of the molecule is Cc1c(NS(=O)(=O)c2ccc(OCC3CCOC3)c(F)c2)cccc1-n1cn[nH]c1=O. The summed E-state index contributed by atoms with van der Waals surface area (Å²) >= 11 is 0. The van der Waals surface area contributed by atoms with Crippen molar-refractivity contribution in [1.82, 2.24) is 14.8 Å². The van der Waals surface area contributed by atoms with Gasteiger partial charge in [0, 0.05) is 12.5 Å². The van der Waals surface area contributed by atoms with Gasteiger partial charge in [0.1, 0.15) is 6.33 Å². The van der Waals surface area contributed by atoms with Crippen LogP contribution in [-0.2, 0) is 14.8 Å². The van der Waals surface area contributed by atoms with Gasteiger partial charge in [-0.3, -0.25) is 4.72 Å². The molecule has 0 amide bonds. The topological polar surface area (TPSA) is 115 Å². The van der Waals surface area contributed by atoms with Gasteiger partial charge in [-0.05, 0) is 49.2 Å². The van der Waals surface area contributed by atoms with Crippen LogP contribution in [0.2, 0.25) is 0 Å². The van der Waals surface area contributed by atoms with E-state index in [-0.39, 0.29) is 22.3 Å². The second kappa shape index (κ2) is 8.52. The Balaban J connectivity index is 1.54. The molecule has 3 aromatic rings. The number of ether oxygens (including phenoxy) is 2. The summed E-state index contributed by atoms with van der Waals surface area (Å²) < 4.78 is 54.6. The largest absolute Gasteiger partial charge is 0.490 e. The maximum Gasteiger partial charge on any atom is 0.347 e. The average molecular weight is 448 g/mol. The Morgan fingerprint density at radius 2 is 2.19 bits per heavy atom. The fraction of sp³-hybridized carbons (Fsp3) is 0.300. The van der Waals surface area contributed by atoms with Crippen LogP contribution in [0, 0.1) is 18.7 Å². The minimum Gasteiger partial charge on any atom is -0.490 e. The number of sulfonamides is 1. The zero-order chi connectivity index (χ0) is 22.0. The molecule has 31 heavy (non-hydrogen) atoms. The molecule has 1 aliphatic heterocycles. The van der Waals surface area contributed by atoms with Crippen molar-refractivity contribution in [3.63, 3.8) is 0 Å². The molecular weight excluding hydrogens is 427 g/mol. The van der Waals surface area contributed by atoms with Crippen molar-refractivity contribution in [2.45, 2.75) is 18.2 Å². The van der Waals surface area contributed by atoms with E-state index in [4.69, 9.17) is 9.47 Å². The molecule has 9 nitrogen and oxygen atoms in total. The molecule has 2 N–H and O–H groups in total. The summed E-state index contributed by atoms with van der Waals surface area (Å²) in [6, 6.07) is 8.32. The van der Waals surface area contributed by atoms with E-state index in [1.54, 1.807) is 25.1 Å². The Morgan fingerprint density at radius 1 is 1.35 bits per heavy atom. The van der Waals surface area contributed by atoms with Crippen molar-refractivity contribution in [3.8, 4) is 11.4 Å². The molecule has 1 saturated heterocycles. The van der Waals surface area contributed by atoms with Crippen molar-refractivity contribution in [3.05, 3.63) is 64.6 Å². The van der Waals surface area contributed by atoms with Crippen molar-refractivity contribution in [1.29, 1.82) is 0 Å². The summed E-state index contributed by atoms with van der Waals surface area (Å²) in [7, 11) is -4.08. The number of nitrogens with one attached hydrogen (secondary N) is 2. The minimum atomic E-state index is -4.08. The van der Waals surface area contributed by atoms with E-state index >= 15 is 0 Å². The third-order valence-electron chi connectivity index (χ3n) is 5.07. The quantitative estimate of drug-likeness (QED) is 0.573. The number of H-pyrrole nitrogens is 1. The number of hydrogen-bond donors (Lipinski definition) is 2. The Bertz CT molecular complexity index is 1250. The van der Waals surface area contributed by atoms with Gasteiger partial charge in [-0.15, -0.1) is 0 Å². The first-order valence-corrected chi connectivity index (χ1v) is 11.1. The lowest BCUT2D eigenvalue weighted by Crippen LogP contribution is -2.18. The highest BCUT2D eigenvalue weighted by Crippen LogP contribution is 2.27. The van der Waals surface area contributed by atoms with E-state index in [0.717, 1.165) is 12.5 Å². The molecule has 4 rings (SSSR count). The van der Waals surface area contributed by atoms with Gasteiger partial charge >= 0.3 is 5.69 Å². The fourth-order valence-electron chi connectivity index (χ4n) is 3.31. The first-order chi connectivity index (χ1) is 14.8. The van der Waals surface area contributed by atoms with Gasteiger partial charge in [0.15, 0.2) is 11.6 Å². The summed E-state index contributed by atoms with van der Waals surface area (Å²) in [6.45, 7) is 3.20. The van der Waals surface area contributed by atoms with Crippen molar-refractivity contribution >= 4 is 15.7 Å². The summed E-state index contributed by atoms with van der Waals surface area (Å²) in [5, 5.41) is 5.96. The molecule has 2 aromatic carbocycles. The number of benzene rings is 2. The Kier molecular flexibility index (Phi) is 5.79. The van der Waals surface area contributed by atoms with E-state index in [1.165, 1.54) is 23.0 Å². The maximum absolute atomic E-state index is 14.5. The number of aromatic amines is 1. The first kappa shape index (κ1) is 21.1. The Labute approximate surface area is 177 Å². The van der Waals surface area contributed by atoms with Crippen LogP contribution in [0.1, 0.15) is 12.0 Å². The molecule has 1 fully saturated rings. The van der Waals surface area contributed by atoms with Crippen molar-refractivity contribution < 1.29 is 22.3 Å². The average Bonchev–Trinajstić information content (AvgIpc) is 3.40. The standard InChI is InChI=1S/C20H21FN4O5S/c1-13-17(3-2-4-18(13)25-12-22-23-20(25)26)24-31(27,28)15-5-6-19(16(21)9-15)30-11-14-7-8-29-10-14/h2-6,9,12,14,24H,7-8,10-11H2,1H3,(H,23,26). The van der Waals surface area contributed by atoms with Crippen LogP contribution >= 0.6 is 0 Å². The molecule has 1 atom stereocenters. The molecular formula is C20H21FN4O5S. The molecule has 0 spiro atoms. The number of rotatable bonds is 7. The minimum absolute atomic E-state index is 0.0108. The lowest BCUT2D eigenvalue weighted by atomic mass is 10.1. The van der Waals surface area contributed by atoms with E-state index in [2.05, 4.69) is 14.9 Å². The lowest BCUT2D eigenvalue weighted by Gasteiger charge is -2.15. The van der Waals surface area contributed by atoms with Crippen LogP contribution < -0.4 is 15.1 Å². The highest BCUT2D eigenvalue weighted by atomic mass is 32.2. The third-order valence-corrected chi connectivity index (χ3v) is 6.44. The number of hydrogen-bond acceptors (Lipinski definition) is 6. The van der Waals surface area contributed by atoms with E-state index in [0.29, 0.717) is 31.1 Å².